The molecule has 0 saturated heterocycles. The topological polar surface area (TPSA) is 73.6 Å². The summed E-state index contributed by atoms with van der Waals surface area (Å²) in [7, 11) is 1.54. The van der Waals surface area contributed by atoms with Crippen LogP contribution in [0, 0.1) is 5.92 Å². The van der Waals surface area contributed by atoms with Gasteiger partial charge in [0.25, 0.3) is 5.91 Å². The van der Waals surface area contributed by atoms with E-state index in [0.717, 1.165) is 5.56 Å². The molecule has 1 amide bonds. The van der Waals surface area contributed by atoms with Gasteiger partial charge in [-0.25, -0.2) is 0 Å². The summed E-state index contributed by atoms with van der Waals surface area (Å²) in [5, 5.41) is 4.07. The monoisotopic (exact) mass is 388 g/mol. The van der Waals surface area contributed by atoms with E-state index in [9.17, 15) is 4.79 Å². The van der Waals surface area contributed by atoms with Crippen molar-refractivity contribution in [3.63, 3.8) is 0 Å². The van der Waals surface area contributed by atoms with Crippen LogP contribution in [-0.2, 0) is 11.3 Å². The Bertz CT molecular complexity index is 778. The predicted molar refractivity (Wildman–Crippen MR) is 106 cm³/mol. The van der Waals surface area contributed by atoms with Crippen molar-refractivity contribution < 1.29 is 14.3 Å². The smallest absolute Gasteiger partial charge is 0.255 e. The molecular formula is C21H25ClN2O3. The number of hydrogen-bond donors (Lipinski definition) is 2. The Morgan fingerprint density at radius 2 is 2.04 bits per heavy atom. The average molecular weight is 389 g/mol. The number of amides is 1. The minimum Gasteiger partial charge on any atom is -0.493 e. The van der Waals surface area contributed by atoms with E-state index in [2.05, 4.69) is 29.6 Å². The molecule has 3 N–H and O–H groups in total. The molecule has 0 spiro atoms. The number of benzene rings is 2. The summed E-state index contributed by atoms with van der Waals surface area (Å²) in [4.78, 5) is 11.0. The maximum atomic E-state index is 11.0. The van der Waals surface area contributed by atoms with E-state index in [0.29, 0.717) is 35.0 Å². The third kappa shape index (κ3) is 4.93. The second-order valence-corrected chi connectivity index (χ2v) is 7.23. The lowest BCUT2D eigenvalue weighted by Crippen LogP contribution is -2.31. The van der Waals surface area contributed by atoms with E-state index < -0.39 is 5.91 Å². The van der Waals surface area contributed by atoms with E-state index in [-0.39, 0.29) is 6.61 Å². The van der Waals surface area contributed by atoms with Gasteiger partial charge in [0.05, 0.1) is 12.1 Å². The van der Waals surface area contributed by atoms with Gasteiger partial charge in [0.1, 0.15) is 0 Å². The minimum absolute atomic E-state index is 0.245. The first kappa shape index (κ1) is 19.5. The number of ether oxygens (including phenoxy) is 2. The van der Waals surface area contributed by atoms with Crippen LogP contribution in [0.15, 0.2) is 42.5 Å². The van der Waals surface area contributed by atoms with Gasteiger partial charge in [0.2, 0.25) is 0 Å². The largest absolute Gasteiger partial charge is 0.493 e. The first-order valence-corrected chi connectivity index (χ1v) is 9.52. The number of hydrogen-bond acceptors (Lipinski definition) is 4. The molecule has 0 radical (unpaired) electrons. The highest BCUT2D eigenvalue weighted by Gasteiger charge is 2.28. The maximum absolute atomic E-state index is 11.0. The molecule has 5 nitrogen and oxygen atoms in total. The maximum Gasteiger partial charge on any atom is 0.255 e. The van der Waals surface area contributed by atoms with E-state index in [1.54, 1.807) is 7.11 Å². The van der Waals surface area contributed by atoms with Crippen molar-refractivity contribution in [1.82, 2.24) is 5.32 Å². The summed E-state index contributed by atoms with van der Waals surface area (Å²) in [6, 6.07) is 14.6. The van der Waals surface area contributed by atoms with Crippen molar-refractivity contribution in [2.24, 2.45) is 11.7 Å². The fourth-order valence-corrected chi connectivity index (χ4v) is 3.66. The first-order chi connectivity index (χ1) is 13.1. The molecule has 1 saturated carbocycles. The summed E-state index contributed by atoms with van der Waals surface area (Å²) >= 11 is 6.35. The molecule has 1 aliphatic carbocycles. The standard InChI is InChI=1S/C21H25ClN2O3/c1-26-18-11-14(10-17(22)21(18)27-13-19(23)25)12-24-20(16-8-5-9-16)15-6-3-2-4-7-15/h2-4,6-7,10-11,16,20,24H,5,8-9,12-13H2,1H3,(H2,23,25). The summed E-state index contributed by atoms with van der Waals surface area (Å²) in [6.07, 6.45) is 3.79. The summed E-state index contributed by atoms with van der Waals surface area (Å²) in [5.74, 6) is 0.911. The van der Waals surface area contributed by atoms with Crippen LogP contribution < -0.4 is 20.5 Å². The van der Waals surface area contributed by atoms with E-state index in [1.807, 2.05) is 18.2 Å². The van der Waals surface area contributed by atoms with Crippen LogP contribution in [0.1, 0.15) is 36.4 Å². The first-order valence-electron chi connectivity index (χ1n) is 9.14. The molecule has 3 rings (SSSR count). The molecule has 1 unspecified atom stereocenters. The summed E-state index contributed by atoms with van der Waals surface area (Å²) in [5.41, 5.74) is 7.43. The quantitative estimate of drug-likeness (QED) is 0.684. The van der Waals surface area contributed by atoms with Crippen LogP contribution in [0.4, 0.5) is 0 Å². The third-order valence-corrected chi connectivity index (χ3v) is 5.23. The molecule has 1 atom stereocenters. The van der Waals surface area contributed by atoms with E-state index >= 15 is 0 Å². The zero-order chi connectivity index (χ0) is 19.2. The number of rotatable bonds is 9. The van der Waals surface area contributed by atoms with Crippen LogP contribution in [0.3, 0.4) is 0 Å². The third-order valence-electron chi connectivity index (χ3n) is 4.95. The number of methoxy groups -OCH3 is 1. The molecule has 27 heavy (non-hydrogen) atoms. The molecule has 0 bridgehead atoms. The number of halogens is 1. The fraction of sp³-hybridized carbons (Fsp3) is 0.381. The molecule has 2 aromatic rings. The second-order valence-electron chi connectivity index (χ2n) is 6.82. The normalized spacial score (nSPS) is 15.0. The average Bonchev–Trinajstić information content (AvgIpc) is 2.62. The Balaban J connectivity index is 1.74. The van der Waals surface area contributed by atoms with Gasteiger partial charge in [-0.15, -0.1) is 0 Å². The van der Waals surface area contributed by atoms with Crippen molar-refractivity contribution in [3.8, 4) is 11.5 Å². The van der Waals surface area contributed by atoms with Gasteiger partial charge in [-0.1, -0.05) is 48.4 Å². The zero-order valence-corrected chi connectivity index (χ0v) is 16.2. The van der Waals surface area contributed by atoms with Crippen molar-refractivity contribution in [2.75, 3.05) is 13.7 Å². The molecular weight excluding hydrogens is 364 g/mol. The van der Waals surface area contributed by atoms with Gasteiger partial charge in [0, 0.05) is 12.6 Å². The van der Waals surface area contributed by atoms with E-state index in [4.69, 9.17) is 26.8 Å². The lowest BCUT2D eigenvalue weighted by Gasteiger charge is -2.35. The minimum atomic E-state index is -0.565. The number of carbonyl (C=O) groups excluding carboxylic acids is 1. The van der Waals surface area contributed by atoms with Crippen molar-refractivity contribution >= 4 is 17.5 Å². The lowest BCUT2D eigenvalue weighted by atomic mass is 9.77. The predicted octanol–water partition coefficient (Wildman–Crippen LogP) is 3.84. The molecule has 0 heterocycles. The molecule has 0 aromatic heterocycles. The van der Waals surface area contributed by atoms with Gasteiger partial charge in [-0.2, -0.15) is 0 Å². The zero-order valence-electron chi connectivity index (χ0n) is 15.4. The Morgan fingerprint density at radius 3 is 2.63 bits per heavy atom. The summed E-state index contributed by atoms with van der Waals surface area (Å²) in [6.45, 7) is 0.410. The fourth-order valence-electron chi connectivity index (χ4n) is 3.38. The Labute approximate surface area is 164 Å². The van der Waals surface area contributed by atoms with Crippen LogP contribution >= 0.6 is 11.6 Å². The van der Waals surface area contributed by atoms with Gasteiger partial charge in [-0.05, 0) is 42.0 Å². The SMILES string of the molecule is COc1cc(CNC(c2ccccc2)C2CCC2)cc(Cl)c1OCC(N)=O. The molecule has 1 aliphatic rings. The van der Waals surface area contributed by atoms with Crippen LogP contribution in [0.5, 0.6) is 11.5 Å². The molecule has 6 heteroatoms. The highest BCUT2D eigenvalue weighted by Crippen LogP contribution is 2.39. The van der Waals surface area contributed by atoms with Gasteiger partial charge < -0.3 is 20.5 Å². The Morgan fingerprint density at radius 1 is 1.30 bits per heavy atom. The number of nitrogens with two attached hydrogens (primary N) is 1. The van der Waals surface area contributed by atoms with Crippen molar-refractivity contribution in [1.29, 1.82) is 0 Å². The van der Waals surface area contributed by atoms with Crippen molar-refractivity contribution in [3.05, 3.63) is 58.6 Å². The van der Waals surface area contributed by atoms with Crippen LogP contribution in [0.2, 0.25) is 5.02 Å². The Kier molecular flexibility index (Phi) is 6.58. The molecule has 1 fully saturated rings. The van der Waals surface area contributed by atoms with Crippen molar-refractivity contribution in [2.45, 2.75) is 31.8 Å². The number of nitrogens with one attached hydrogen (secondary N) is 1. The summed E-state index contributed by atoms with van der Waals surface area (Å²) < 4.78 is 10.8. The molecule has 2 aromatic carbocycles. The second kappa shape index (κ2) is 9.11. The Hall–Kier alpha value is -2.24. The van der Waals surface area contributed by atoms with E-state index in [1.165, 1.54) is 24.8 Å². The molecule has 144 valence electrons. The van der Waals surface area contributed by atoms with Gasteiger partial charge in [0.15, 0.2) is 18.1 Å². The highest BCUT2D eigenvalue weighted by atomic mass is 35.5. The van der Waals surface area contributed by atoms with Crippen LogP contribution in [0.25, 0.3) is 0 Å². The number of primary amides is 1. The van der Waals surface area contributed by atoms with Crippen LogP contribution in [-0.4, -0.2) is 19.6 Å². The number of carbonyl (C=O) groups is 1. The van der Waals surface area contributed by atoms with Gasteiger partial charge >= 0.3 is 0 Å². The molecule has 0 aliphatic heterocycles. The van der Waals surface area contributed by atoms with Gasteiger partial charge in [-0.3, -0.25) is 4.79 Å². The highest BCUT2D eigenvalue weighted by molar-refractivity contribution is 6.32. The lowest BCUT2D eigenvalue weighted by molar-refractivity contribution is -0.119.